The number of aryl methyl sites for hydroxylation is 1. The second-order valence-electron chi connectivity index (χ2n) is 4.76. The number of pyridine rings is 1. The lowest BCUT2D eigenvalue weighted by Crippen LogP contribution is -1.90. The Morgan fingerprint density at radius 1 is 1.15 bits per heavy atom. The Hall–Kier alpha value is -2.06. The lowest BCUT2D eigenvalue weighted by Gasteiger charge is -2.10. The summed E-state index contributed by atoms with van der Waals surface area (Å²) in [5.41, 5.74) is 10.9. The molecule has 20 heavy (non-hydrogen) atoms. The molecule has 3 heteroatoms. The van der Waals surface area contributed by atoms with Gasteiger partial charge < -0.3 is 5.73 Å². The minimum absolute atomic E-state index is 0.736. The molecular weight excluding hydrogens is 268 g/mol. The van der Waals surface area contributed by atoms with Crippen LogP contribution in [0.1, 0.15) is 12.5 Å². The largest absolute Gasteiger partial charge is 0.398 e. The van der Waals surface area contributed by atoms with Crippen LogP contribution in [0.15, 0.2) is 48.7 Å². The fourth-order valence-corrected chi connectivity index (χ4v) is 2.78. The summed E-state index contributed by atoms with van der Waals surface area (Å²) in [6.45, 7) is 2.10. The second kappa shape index (κ2) is 5.14. The average molecular weight is 283 g/mol. The van der Waals surface area contributed by atoms with Crippen molar-refractivity contribution in [2.24, 2.45) is 0 Å². The third-order valence-corrected chi connectivity index (χ3v) is 3.99. The van der Waals surface area contributed by atoms with Crippen LogP contribution in [0.25, 0.3) is 22.0 Å². The van der Waals surface area contributed by atoms with Gasteiger partial charge in [-0.05, 0) is 35.7 Å². The second-order valence-corrected chi connectivity index (χ2v) is 5.14. The highest BCUT2D eigenvalue weighted by molar-refractivity contribution is 6.34. The van der Waals surface area contributed by atoms with Gasteiger partial charge in [0.2, 0.25) is 0 Å². The number of rotatable bonds is 2. The summed E-state index contributed by atoms with van der Waals surface area (Å²) in [6, 6.07) is 14.0. The van der Waals surface area contributed by atoms with E-state index < -0.39 is 0 Å². The van der Waals surface area contributed by atoms with Crippen LogP contribution in [0, 0.1) is 0 Å². The van der Waals surface area contributed by atoms with Gasteiger partial charge in [-0.25, -0.2) is 0 Å². The predicted molar refractivity (Wildman–Crippen MR) is 86.0 cm³/mol. The molecule has 0 fully saturated rings. The van der Waals surface area contributed by atoms with Crippen LogP contribution in [0.3, 0.4) is 0 Å². The first-order valence-corrected chi connectivity index (χ1v) is 7.00. The molecule has 0 saturated heterocycles. The summed E-state index contributed by atoms with van der Waals surface area (Å²) in [5, 5.41) is 1.78. The van der Waals surface area contributed by atoms with Gasteiger partial charge >= 0.3 is 0 Å². The maximum atomic E-state index is 6.49. The van der Waals surface area contributed by atoms with Crippen LogP contribution in [-0.4, -0.2) is 4.98 Å². The quantitative estimate of drug-likeness (QED) is 0.740. The van der Waals surface area contributed by atoms with Crippen molar-refractivity contribution in [1.29, 1.82) is 0 Å². The molecule has 0 atom stereocenters. The Morgan fingerprint density at radius 3 is 2.80 bits per heavy atom. The van der Waals surface area contributed by atoms with Gasteiger partial charge in [-0.3, -0.25) is 4.98 Å². The first kappa shape index (κ1) is 12.9. The van der Waals surface area contributed by atoms with Crippen molar-refractivity contribution in [2.75, 3.05) is 5.73 Å². The van der Waals surface area contributed by atoms with Crippen molar-refractivity contribution in [1.82, 2.24) is 4.98 Å². The van der Waals surface area contributed by atoms with E-state index in [1.165, 1.54) is 0 Å². The van der Waals surface area contributed by atoms with Gasteiger partial charge in [0.1, 0.15) is 0 Å². The summed E-state index contributed by atoms with van der Waals surface area (Å²) in [6.07, 6.45) is 2.64. The molecule has 2 nitrogen and oxygen atoms in total. The first-order chi connectivity index (χ1) is 9.70. The summed E-state index contributed by atoms with van der Waals surface area (Å²) in [7, 11) is 0. The number of hydrogen-bond donors (Lipinski definition) is 1. The fourth-order valence-electron chi connectivity index (χ4n) is 2.41. The number of nitrogens with zero attached hydrogens (tertiary/aromatic N) is 1. The van der Waals surface area contributed by atoms with E-state index in [0.29, 0.717) is 0 Å². The number of benzene rings is 2. The smallest absolute Gasteiger partial charge is 0.0723 e. The normalized spacial score (nSPS) is 10.9. The van der Waals surface area contributed by atoms with Crippen LogP contribution in [-0.2, 0) is 6.42 Å². The number of nitrogens with two attached hydrogens (primary N) is 1. The number of nitrogen functional groups attached to an aromatic ring is 1. The Kier molecular flexibility index (Phi) is 3.33. The Bertz CT molecular complexity index is 781. The number of anilines is 1. The maximum Gasteiger partial charge on any atom is 0.0723 e. The van der Waals surface area contributed by atoms with E-state index >= 15 is 0 Å². The zero-order valence-electron chi connectivity index (χ0n) is 11.2. The molecular formula is C17H15ClN2. The van der Waals surface area contributed by atoms with Crippen molar-refractivity contribution in [3.8, 4) is 11.1 Å². The highest BCUT2D eigenvalue weighted by Gasteiger charge is 2.08. The molecule has 0 bridgehead atoms. The molecule has 0 saturated carbocycles. The minimum Gasteiger partial charge on any atom is -0.398 e. The molecule has 1 aromatic heterocycles. The molecule has 0 aliphatic heterocycles. The number of aromatic nitrogens is 1. The number of fused-ring (bicyclic) bond motifs is 1. The third kappa shape index (κ3) is 2.12. The molecule has 3 rings (SSSR count). The van der Waals surface area contributed by atoms with Crippen LogP contribution in [0.4, 0.5) is 5.69 Å². The highest BCUT2D eigenvalue weighted by atomic mass is 35.5. The number of hydrogen-bond acceptors (Lipinski definition) is 2. The zero-order chi connectivity index (χ0) is 14.1. The molecule has 0 radical (unpaired) electrons. The lowest BCUT2D eigenvalue weighted by molar-refractivity contribution is 1.14. The fraction of sp³-hybridized carbons (Fsp3) is 0.118. The van der Waals surface area contributed by atoms with Crippen molar-refractivity contribution in [3.63, 3.8) is 0 Å². The van der Waals surface area contributed by atoms with Gasteiger partial charge in [-0.15, -0.1) is 0 Å². The molecule has 100 valence electrons. The van der Waals surface area contributed by atoms with Crippen LogP contribution < -0.4 is 5.73 Å². The van der Waals surface area contributed by atoms with Gasteiger partial charge in [0.25, 0.3) is 0 Å². The van der Waals surface area contributed by atoms with Crippen LogP contribution >= 0.6 is 11.6 Å². The first-order valence-electron chi connectivity index (χ1n) is 6.62. The van der Waals surface area contributed by atoms with Crippen molar-refractivity contribution >= 4 is 28.2 Å². The predicted octanol–water partition coefficient (Wildman–Crippen LogP) is 4.70. The highest BCUT2D eigenvalue weighted by Crippen LogP contribution is 2.33. The van der Waals surface area contributed by atoms with Crippen LogP contribution in [0.2, 0.25) is 5.02 Å². The van der Waals surface area contributed by atoms with E-state index in [2.05, 4.69) is 24.0 Å². The van der Waals surface area contributed by atoms with Crippen molar-refractivity contribution < 1.29 is 0 Å². The molecule has 0 spiro atoms. The third-order valence-electron chi connectivity index (χ3n) is 3.55. The van der Waals surface area contributed by atoms with Gasteiger partial charge in [-0.2, -0.15) is 0 Å². The van der Waals surface area contributed by atoms with Gasteiger partial charge in [0.15, 0.2) is 0 Å². The molecule has 0 aliphatic carbocycles. The summed E-state index contributed by atoms with van der Waals surface area (Å²) >= 11 is 6.49. The van der Waals surface area contributed by atoms with E-state index in [1.54, 1.807) is 6.20 Å². The summed E-state index contributed by atoms with van der Waals surface area (Å²) in [4.78, 5) is 4.32. The molecule has 1 heterocycles. The Balaban J connectivity index is 2.22. The summed E-state index contributed by atoms with van der Waals surface area (Å²) < 4.78 is 0. The van der Waals surface area contributed by atoms with E-state index in [0.717, 1.165) is 44.7 Å². The van der Waals surface area contributed by atoms with Crippen LogP contribution in [0.5, 0.6) is 0 Å². The average Bonchev–Trinajstić information content (AvgIpc) is 2.48. The van der Waals surface area contributed by atoms with E-state index in [9.17, 15) is 0 Å². The minimum atomic E-state index is 0.736. The summed E-state index contributed by atoms with van der Waals surface area (Å²) in [5.74, 6) is 0. The van der Waals surface area contributed by atoms with Crippen molar-refractivity contribution in [2.45, 2.75) is 13.3 Å². The maximum absolute atomic E-state index is 6.49. The lowest BCUT2D eigenvalue weighted by atomic mass is 10.00. The van der Waals surface area contributed by atoms with Gasteiger partial charge in [-0.1, -0.05) is 42.8 Å². The standard InChI is InChI=1S/C17H15ClN2/c1-2-11-4-3-5-13(17(11)18)12-6-7-16-14(10-12)15(19)8-9-20-16/h3-10H,2H2,1H3,(H2,19,20). The molecule has 0 amide bonds. The Morgan fingerprint density at radius 2 is 2.00 bits per heavy atom. The molecule has 0 unspecified atom stereocenters. The van der Waals surface area contributed by atoms with Crippen molar-refractivity contribution in [3.05, 3.63) is 59.2 Å². The Labute approximate surface area is 123 Å². The molecule has 2 aromatic carbocycles. The van der Waals surface area contributed by atoms with E-state index in [4.69, 9.17) is 17.3 Å². The SMILES string of the molecule is CCc1cccc(-c2ccc3nccc(N)c3c2)c1Cl. The molecule has 2 N–H and O–H groups in total. The van der Waals surface area contributed by atoms with E-state index in [1.807, 2.05) is 30.3 Å². The molecule has 0 aliphatic rings. The van der Waals surface area contributed by atoms with E-state index in [-0.39, 0.29) is 0 Å². The van der Waals surface area contributed by atoms with Gasteiger partial charge in [0, 0.05) is 22.8 Å². The van der Waals surface area contributed by atoms with Gasteiger partial charge in [0.05, 0.1) is 10.5 Å². The monoisotopic (exact) mass is 282 g/mol. The topological polar surface area (TPSA) is 38.9 Å². The zero-order valence-corrected chi connectivity index (χ0v) is 12.0. The molecule has 3 aromatic rings. The number of halogens is 1.